The molecule has 2 aromatic rings. The number of halogens is 1. The number of carbonyl (C=O) groups excluding carboxylic acids is 4. The Labute approximate surface area is 208 Å². The highest BCUT2D eigenvalue weighted by molar-refractivity contribution is 6.31. The van der Waals surface area contributed by atoms with Crippen LogP contribution in [-0.4, -0.2) is 30.2 Å². The molecule has 35 heavy (non-hydrogen) atoms. The number of anilines is 2. The number of rotatable bonds is 4. The predicted molar refractivity (Wildman–Crippen MR) is 131 cm³/mol. The monoisotopic (exact) mass is 492 g/mol. The second-order valence-electron chi connectivity index (χ2n) is 9.42. The van der Waals surface area contributed by atoms with E-state index in [4.69, 9.17) is 16.3 Å². The SMILES string of the molecule is CC1=CC[C@@H]2C(=O)N(c3ccc(OC(=O)[C@H]4CC(=O)N(c5cccc(Cl)c5C)C4)cc3)C(=O)[C@@H]2C1. The summed E-state index contributed by atoms with van der Waals surface area (Å²) in [6.45, 7) is 4.03. The Morgan fingerprint density at radius 3 is 2.43 bits per heavy atom. The van der Waals surface area contributed by atoms with E-state index in [1.807, 2.05) is 19.9 Å². The summed E-state index contributed by atoms with van der Waals surface area (Å²) in [5.74, 6) is -1.98. The second kappa shape index (κ2) is 8.96. The molecule has 1 aliphatic carbocycles. The van der Waals surface area contributed by atoms with Crippen molar-refractivity contribution in [1.82, 2.24) is 0 Å². The van der Waals surface area contributed by atoms with E-state index in [-0.39, 0.29) is 48.3 Å². The van der Waals surface area contributed by atoms with Crippen molar-refractivity contribution in [2.75, 3.05) is 16.3 Å². The molecule has 2 aromatic carbocycles. The number of hydrogen-bond donors (Lipinski definition) is 0. The minimum Gasteiger partial charge on any atom is -0.426 e. The summed E-state index contributed by atoms with van der Waals surface area (Å²) in [5.41, 5.74) is 3.06. The number of ether oxygens (including phenoxy) is 1. The Hall–Kier alpha value is -3.45. The molecule has 8 heteroatoms. The molecule has 0 bridgehead atoms. The fourth-order valence-electron chi connectivity index (χ4n) is 5.14. The maximum absolute atomic E-state index is 12.9. The molecule has 3 atom stereocenters. The van der Waals surface area contributed by atoms with Crippen LogP contribution in [0.4, 0.5) is 11.4 Å². The van der Waals surface area contributed by atoms with Crippen LogP contribution in [0.3, 0.4) is 0 Å². The largest absolute Gasteiger partial charge is 0.426 e. The highest BCUT2D eigenvalue weighted by Gasteiger charge is 2.48. The summed E-state index contributed by atoms with van der Waals surface area (Å²) >= 11 is 6.19. The first-order valence-electron chi connectivity index (χ1n) is 11.6. The van der Waals surface area contributed by atoms with Gasteiger partial charge in [-0.2, -0.15) is 0 Å². The smallest absolute Gasteiger partial charge is 0.316 e. The summed E-state index contributed by atoms with van der Waals surface area (Å²) in [6, 6.07) is 11.7. The third-order valence-electron chi connectivity index (χ3n) is 7.12. The lowest BCUT2D eigenvalue weighted by molar-refractivity contribution is -0.139. The van der Waals surface area contributed by atoms with Gasteiger partial charge in [-0.1, -0.05) is 29.3 Å². The fourth-order valence-corrected chi connectivity index (χ4v) is 5.31. The van der Waals surface area contributed by atoms with Gasteiger partial charge in [0.15, 0.2) is 0 Å². The zero-order chi connectivity index (χ0) is 24.9. The molecule has 2 heterocycles. The highest BCUT2D eigenvalue weighted by Crippen LogP contribution is 2.40. The maximum Gasteiger partial charge on any atom is 0.316 e. The number of benzene rings is 2. The molecule has 0 radical (unpaired) electrons. The molecular formula is C27H25ClN2O5. The minimum atomic E-state index is -0.610. The minimum absolute atomic E-state index is 0.0515. The van der Waals surface area contributed by atoms with Gasteiger partial charge in [0.1, 0.15) is 5.75 Å². The molecule has 0 aromatic heterocycles. The molecule has 5 rings (SSSR count). The van der Waals surface area contributed by atoms with Gasteiger partial charge in [-0.25, -0.2) is 0 Å². The quantitative estimate of drug-likeness (QED) is 0.272. The first kappa shape index (κ1) is 23.3. The Bertz CT molecular complexity index is 1270. The number of hydrogen-bond acceptors (Lipinski definition) is 5. The molecule has 2 saturated heterocycles. The molecule has 0 unspecified atom stereocenters. The van der Waals surface area contributed by atoms with Crippen LogP contribution < -0.4 is 14.5 Å². The van der Waals surface area contributed by atoms with Crippen LogP contribution >= 0.6 is 11.6 Å². The van der Waals surface area contributed by atoms with E-state index in [2.05, 4.69) is 0 Å². The Morgan fingerprint density at radius 2 is 1.69 bits per heavy atom. The van der Waals surface area contributed by atoms with Gasteiger partial charge in [-0.05, 0) is 68.7 Å². The summed E-state index contributed by atoms with van der Waals surface area (Å²) < 4.78 is 5.52. The maximum atomic E-state index is 12.9. The third kappa shape index (κ3) is 4.14. The van der Waals surface area contributed by atoms with E-state index < -0.39 is 11.9 Å². The van der Waals surface area contributed by atoms with E-state index in [1.54, 1.807) is 47.4 Å². The van der Waals surface area contributed by atoms with Crippen LogP contribution in [0.1, 0.15) is 31.7 Å². The van der Waals surface area contributed by atoms with Gasteiger partial charge in [0, 0.05) is 23.7 Å². The number of carbonyl (C=O) groups is 4. The molecule has 0 N–H and O–H groups in total. The number of fused-ring (bicyclic) bond motifs is 1. The van der Waals surface area contributed by atoms with Crippen molar-refractivity contribution in [3.63, 3.8) is 0 Å². The normalized spacial score (nSPS) is 24.0. The van der Waals surface area contributed by atoms with Gasteiger partial charge in [0.25, 0.3) is 0 Å². The molecule has 7 nitrogen and oxygen atoms in total. The van der Waals surface area contributed by atoms with Gasteiger partial charge in [0.2, 0.25) is 17.7 Å². The lowest BCUT2D eigenvalue weighted by Gasteiger charge is -2.19. The molecule has 3 amide bonds. The van der Waals surface area contributed by atoms with E-state index in [1.165, 1.54) is 4.90 Å². The van der Waals surface area contributed by atoms with Crippen molar-refractivity contribution in [1.29, 1.82) is 0 Å². The van der Waals surface area contributed by atoms with Crippen molar-refractivity contribution < 1.29 is 23.9 Å². The first-order valence-corrected chi connectivity index (χ1v) is 12.0. The van der Waals surface area contributed by atoms with Gasteiger partial charge < -0.3 is 9.64 Å². The van der Waals surface area contributed by atoms with Crippen molar-refractivity contribution >= 4 is 46.7 Å². The van der Waals surface area contributed by atoms with E-state index in [0.29, 0.717) is 29.2 Å². The van der Waals surface area contributed by atoms with Gasteiger partial charge in [0.05, 0.1) is 23.4 Å². The van der Waals surface area contributed by atoms with Crippen LogP contribution in [0.15, 0.2) is 54.1 Å². The average Bonchev–Trinajstić information content (AvgIpc) is 3.33. The second-order valence-corrected chi connectivity index (χ2v) is 9.83. The zero-order valence-electron chi connectivity index (χ0n) is 19.5. The summed E-state index contributed by atoms with van der Waals surface area (Å²) in [4.78, 5) is 53.9. The summed E-state index contributed by atoms with van der Waals surface area (Å²) in [6.07, 6.45) is 3.27. The molecule has 180 valence electrons. The van der Waals surface area contributed by atoms with Gasteiger partial charge in [-0.3, -0.25) is 24.1 Å². The van der Waals surface area contributed by atoms with Crippen LogP contribution in [0, 0.1) is 24.7 Å². The number of imide groups is 1. The number of allylic oxidation sites excluding steroid dienone is 2. The van der Waals surface area contributed by atoms with Crippen molar-refractivity contribution in [3.05, 3.63) is 64.7 Å². The molecular weight excluding hydrogens is 468 g/mol. The average molecular weight is 493 g/mol. The van der Waals surface area contributed by atoms with Crippen LogP contribution in [0.25, 0.3) is 0 Å². The van der Waals surface area contributed by atoms with Crippen LogP contribution in [0.2, 0.25) is 5.02 Å². The summed E-state index contributed by atoms with van der Waals surface area (Å²) in [7, 11) is 0. The standard InChI is InChI=1S/C27H25ClN2O5/c1-15-6-11-20-21(12-15)26(33)30(25(20)32)18-7-9-19(10-8-18)35-27(34)17-13-24(31)29(14-17)23-5-3-4-22(28)16(23)2/h3-10,17,20-21H,11-14H2,1-2H3/t17-,20-,21+/m0/s1. The lowest BCUT2D eigenvalue weighted by Crippen LogP contribution is -2.30. The first-order chi connectivity index (χ1) is 16.7. The predicted octanol–water partition coefficient (Wildman–Crippen LogP) is 4.45. The lowest BCUT2D eigenvalue weighted by atomic mass is 9.82. The molecule has 2 aliphatic heterocycles. The van der Waals surface area contributed by atoms with Crippen molar-refractivity contribution in [2.45, 2.75) is 33.1 Å². The Morgan fingerprint density at radius 1 is 0.971 bits per heavy atom. The van der Waals surface area contributed by atoms with Crippen molar-refractivity contribution in [3.8, 4) is 5.75 Å². The number of esters is 1. The molecule has 3 aliphatic rings. The van der Waals surface area contributed by atoms with E-state index >= 15 is 0 Å². The fraction of sp³-hybridized carbons (Fsp3) is 0.333. The Balaban J connectivity index is 1.25. The van der Waals surface area contributed by atoms with Crippen LogP contribution in [-0.2, 0) is 19.2 Å². The van der Waals surface area contributed by atoms with Crippen molar-refractivity contribution in [2.24, 2.45) is 17.8 Å². The number of amides is 3. The number of nitrogens with zero attached hydrogens (tertiary/aromatic N) is 2. The molecule has 0 spiro atoms. The molecule has 2 fully saturated rings. The third-order valence-corrected chi connectivity index (χ3v) is 7.53. The van der Waals surface area contributed by atoms with Gasteiger partial charge >= 0.3 is 5.97 Å². The summed E-state index contributed by atoms with van der Waals surface area (Å²) in [5, 5.41) is 0.557. The highest BCUT2D eigenvalue weighted by atomic mass is 35.5. The van der Waals surface area contributed by atoms with Gasteiger partial charge in [-0.15, -0.1) is 0 Å². The van der Waals surface area contributed by atoms with E-state index in [0.717, 1.165) is 11.1 Å². The Kier molecular flexibility index (Phi) is 5.97. The van der Waals surface area contributed by atoms with Crippen LogP contribution in [0.5, 0.6) is 5.75 Å². The topological polar surface area (TPSA) is 84.0 Å². The zero-order valence-corrected chi connectivity index (χ0v) is 20.2. The molecule has 0 saturated carbocycles. The van der Waals surface area contributed by atoms with E-state index in [9.17, 15) is 19.2 Å².